The summed E-state index contributed by atoms with van der Waals surface area (Å²) in [4.78, 5) is 11.0. The minimum atomic E-state index is -0.694. The zero-order chi connectivity index (χ0) is 12.5. The summed E-state index contributed by atoms with van der Waals surface area (Å²) in [5.74, 6) is 0.458. The molecule has 3 unspecified atom stereocenters. The minimum absolute atomic E-state index is 0.325. The molecule has 0 radical (unpaired) electrons. The number of hydrogen-bond acceptors (Lipinski definition) is 2. The van der Waals surface area contributed by atoms with Crippen molar-refractivity contribution in [2.45, 2.75) is 43.7 Å². The highest BCUT2D eigenvalue weighted by molar-refractivity contribution is 5.74. The highest BCUT2D eigenvalue weighted by Crippen LogP contribution is 2.40. The molecule has 3 nitrogen and oxygen atoms in total. The van der Waals surface area contributed by atoms with Crippen molar-refractivity contribution in [2.24, 2.45) is 5.92 Å². The van der Waals surface area contributed by atoms with E-state index in [1.165, 1.54) is 12.0 Å². The number of hydrogen-bond donors (Lipinski definition) is 2. The molecule has 1 aromatic rings. The Kier molecular flexibility index (Phi) is 3.08. The van der Waals surface area contributed by atoms with Crippen LogP contribution >= 0.6 is 0 Å². The molecule has 1 aliphatic carbocycles. The van der Waals surface area contributed by atoms with Gasteiger partial charge < -0.3 is 10.4 Å². The van der Waals surface area contributed by atoms with Gasteiger partial charge in [-0.1, -0.05) is 30.3 Å². The molecule has 0 amide bonds. The van der Waals surface area contributed by atoms with E-state index in [0.29, 0.717) is 17.9 Å². The number of carbonyl (C=O) groups is 1. The molecule has 1 saturated heterocycles. The Morgan fingerprint density at radius 2 is 1.94 bits per heavy atom. The van der Waals surface area contributed by atoms with Crippen molar-refractivity contribution in [3.05, 3.63) is 35.9 Å². The number of carboxylic acid groups (broad SMARTS) is 1. The van der Waals surface area contributed by atoms with Crippen molar-refractivity contribution in [2.75, 3.05) is 0 Å². The second-order valence-corrected chi connectivity index (χ2v) is 5.58. The highest BCUT2D eigenvalue weighted by atomic mass is 16.4. The van der Waals surface area contributed by atoms with Gasteiger partial charge in [0.1, 0.15) is 6.04 Å². The van der Waals surface area contributed by atoms with Gasteiger partial charge >= 0.3 is 5.97 Å². The highest BCUT2D eigenvalue weighted by Gasteiger charge is 2.40. The quantitative estimate of drug-likeness (QED) is 0.841. The van der Waals surface area contributed by atoms with Crippen LogP contribution in [-0.4, -0.2) is 23.2 Å². The Morgan fingerprint density at radius 3 is 2.67 bits per heavy atom. The largest absolute Gasteiger partial charge is 0.480 e. The lowest BCUT2D eigenvalue weighted by Crippen LogP contribution is -2.38. The van der Waals surface area contributed by atoms with Gasteiger partial charge in [0.15, 0.2) is 0 Å². The van der Waals surface area contributed by atoms with Crippen LogP contribution in [0.3, 0.4) is 0 Å². The topological polar surface area (TPSA) is 49.3 Å². The molecule has 4 atom stereocenters. The van der Waals surface area contributed by atoms with E-state index < -0.39 is 5.97 Å². The first-order chi connectivity index (χ1) is 8.74. The van der Waals surface area contributed by atoms with Crippen molar-refractivity contribution in [3.63, 3.8) is 0 Å². The molecule has 0 aromatic heterocycles. The number of aliphatic carboxylic acids is 1. The van der Waals surface area contributed by atoms with Gasteiger partial charge in [0, 0.05) is 6.04 Å². The van der Waals surface area contributed by atoms with Crippen LogP contribution in [0.1, 0.15) is 37.2 Å². The summed E-state index contributed by atoms with van der Waals surface area (Å²) in [5, 5.41) is 12.4. The second-order valence-electron chi connectivity index (χ2n) is 5.58. The smallest absolute Gasteiger partial charge is 0.320 e. The summed E-state index contributed by atoms with van der Waals surface area (Å²) in [6.07, 6.45) is 4.24. The average Bonchev–Trinajstić information content (AvgIpc) is 2.82. The maximum atomic E-state index is 11.0. The lowest BCUT2D eigenvalue weighted by atomic mass is 9.76. The van der Waals surface area contributed by atoms with E-state index in [1.807, 2.05) is 6.07 Å². The lowest BCUT2D eigenvalue weighted by Gasteiger charge is -2.31. The van der Waals surface area contributed by atoms with Gasteiger partial charge in [0.2, 0.25) is 0 Å². The van der Waals surface area contributed by atoms with Crippen LogP contribution in [0.15, 0.2) is 30.3 Å². The van der Waals surface area contributed by atoms with Crippen molar-refractivity contribution < 1.29 is 9.90 Å². The summed E-state index contributed by atoms with van der Waals surface area (Å²) in [6.45, 7) is 0. The molecule has 1 saturated carbocycles. The van der Waals surface area contributed by atoms with Crippen molar-refractivity contribution in [1.29, 1.82) is 0 Å². The van der Waals surface area contributed by atoms with Crippen LogP contribution in [-0.2, 0) is 4.79 Å². The predicted molar refractivity (Wildman–Crippen MR) is 69.5 cm³/mol. The van der Waals surface area contributed by atoms with Gasteiger partial charge in [-0.15, -0.1) is 0 Å². The van der Waals surface area contributed by atoms with Crippen LogP contribution in [0.5, 0.6) is 0 Å². The number of rotatable bonds is 2. The third-order valence-electron chi connectivity index (χ3n) is 4.52. The first-order valence-corrected chi connectivity index (χ1v) is 6.78. The molecule has 1 heterocycles. The maximum absolute atomic E-state index is 11.0. The predicted octanol–water partition coefficient (Wildman–Crippen LogP) is 2.39. The lowest BCUT2D eigenvalue weighted by molar-refractivity contribution is -0.139. The molecule has 3 rings (SSSR count). The van der Waals surface area contributed by atoms with E-state index in [9.17, 15) is 4.79 Å². The van der Waals surface area contributed by atoms with Crippen LogP contribution in [0, 0.1) is 5.92 Å². The number of fused-ring (bicyclic) bond motifs is 1. The molecule has 2 N–H and O–H groups in total. The summed E-state index contributed by atoms with van der Waals surface area (Å²) in [6, 6.07) is 10.7. The maximum Gasteiger partial charge on any atom is 0.320 e. The Bertz CT molecular complexity index is 431. The Hall–Kier alpha value is -1.35. The van der Waals surface area contributed by atoms with Gasteiger partial charge in [-0.25, -0.2) is 0 Å². The summed E-state index contributed by atoms with van der Waals surface area (Å²) in [7, 11) is 0. The average molecular weight is 245 g/mol. The van der Waals surface area contributed by atoms with E-state index >= 15 is 0 Å². The fourth-order valence-corrected chi connectivity index (χ4v) is 3.55. The standard InChI is InChI=1S/C15H19NO2/c17-15(18)14-9-12-7-6-11(8-13(12)16-14)10-4-2-1-3-5-10/h1-5,11-14,16H,6-9H2,(H,17,18)/t11?,12?,13-,14?/m1/s1. The molecule has 0 spiro atoms. The monoisotopic (exact) mass is 245 g/mol. The second kappa shape index (κ2) is 4.73. The van der Waals surface area contributed by atoms with E-state index in [0.717, 1.165) is 19.3 Å². The van der Waals surface area contributed by atoms with E-state index in [1.54, 1.807) is 0 Å². The fraction of sp³-hybridized carbons (Fsp3) is 0.533. The fourth-order valence-electron chi connectivity index (χ4n) is 3.55. The molecule has 1 aliphatic heterocycles. The van der Waals surface area contributed by atoms with Gasteiger partial charge in [0.05, 0.1) is 0 Å². The number of carboxylic acids is 1. The molecular weight excluding hydrogens is 226 g/mol. The Labute approximate surface area is 107 Å². The molecule has 18 heavy (non-hydrogen) atoms. The number of nitrogens with one attached hydrogen (secondary N) is 1. The van der Waals surface area contributed by atoms with Crippen molar-refractivity contribution in [3.8, 4) is 0 Å². The number of benzene rings is 1. The van der Waals surface area contributed by atoms with Crippen molar-refractivity contribution in [1.82, 2.24) is 5.32 Å². The van der Waals surface area contributed by atoms with E-state index in [-0.39, 0.29) is 6.04 Å². The summed E-state index contributed by atoms with van der Waals surface area (Å²) < 4.78 is 0. The molecule has 1 aromatic carbocycles. The molecule has 96 valence electrons. The molecule has 0 bridgehead atoms. The van der Waals surface area contributed by atoms with Crippen LogP contribution in [0.4, 0.5) is 0 Å². The first kappa shape index (κ1) is 11.7. The molecular formula is C15H19NO2. The van der Waals surface area contributed by atoms with Gasteiger partial charge in [-0.3, -0.25) is 4.79 Å². The molecule has 2 fully saturated rings. The third-order valence-corrected chi connectivity index (χ3v) is 4.52. The SMILES string of the molecule is O=C(O)C1CC2CCC(c3ccccc3)C[C@H]2N1. The van der Waals surface area contributed by atoms with Crippen LogP contribution < -0.4 is 5.32 Å². The Morgan fingerprint density at radius 1 is 1.17 bits per heavy atom. The van der Waals surface area contributed by atoms with Gasteiger partial charge in [0.25, 0.3) is 0 Å². The third kappa shape index (κ3) is 2.15. The normalized spacial score (nSPS) is 35.1. The summed E-state index contributed by atoms with van der Waals surface area (Å²) in [5.41, 5.74) is 1.40. The van der Waals surface area contributed by atoms with Gasteiger partial charge in [-0.2, -0.15) is 0 Å². The molecule has 2 aliphatic rings. The first-order valence-electron chi connectivity index (χ1n) is 6.78. The minimum Gasteiger partial charge on any atom is -0.480 e. The zero-order valence-corrected chi connectivity index (χ0v) is 10.4. The summed E-state index contributed by atoms with van der Waals surface area (Å²) >= 11 is 0. The van der Waals surface area contributed by atoms with Crippen molar-refractivity contribution >= 4 is 5.97 Å². The zero-order valence-electron chi connectivity index (χ0n) is 10.4. The Balaban J connectivity index is 1.69. The molecule has 3 heteroatoms. The van der Waals surface area contributed by atoms with E-state index in [4.69, 9.17) is 5.11 Å². The van der Waals surface area contributed by atoms with Gasteiger partial charge in [-0.05, 0) is 43.1 Å². The van der Waals surface area contributed by atoms with Crippen LogP contribution in [0.2, 0.25) is 0 Å². The van der Waals surface area contributed by atoms with Crippen LogP contribution in [0.25, 0.3) is 0 Å². The van der Waals surface area contributed by atoms with E-state index in [2.05, 4.69) is 29.6 Å².